The average Bonchev–Trinajstić information content (AvgIpc) is 2.41. The van der Waals surface area contributed by atoms with E-state index < -0.39 is 17.7 Å². The third-order valence-electron chi connectivity index (χ3n) is 2.28. The van der Waals surface area contributed by atoms with Crippen molar-refractivity contribution in [2.24, 2.45) is 5.10 Å². The normalized spacial score (nSPS) is 10.8. The Balaban J connectivity index is 2.92. The van der Waals surface area contributed by atoms with Gasteiger partial charge < -0.3 is 9.47 Å². The topological polar surface area (TPSA) is 77.0 Å². The molecule has 1 aromatic rings. The van der Waals surface area contributed by atoms with Gasteiger partial charge in [-0.25, -0.2) is 9.59 Å². The van der Waals surface area contributed by atoms with Gasteiger partial charge in [0.2, 0.25) is 0 Å². The van der Waals surface area contributed by atoms with Crippen LogP contribution in [0.5, 0.6) is 0 Å². The van der Waals surface area contributed by atoms with Gasteiger partial charge in [-0.15, -0.1) is 0 Å². The number of nitrogens with zero attached hydrogens (tertiary/aromatic N) is 1. The van der Waals surface area contributed by atoms with E-state index in [1.807, 2.05) is 25.1 Å². The summed E-state index contributed by atoms with van der Waals surface area (Å²) >= 11 is 2.94. The first-order valence-electron chi connectivity index (χ1n) is 5.89. The number of hydrogen-bond acceptors (Lipinski definition) is 6. The Kier molecular flexibility index (Phi) is 6.72. The largest absolute Gasteiger partial charge is 0.461 e. The molecule has 108 valence electrons. The molecule has 0 atom stereocenters. The van der Waals surface area contributed by atoms with Crippen molar-refractivity contribution >= 4 is 39.3 Å². The molecule has 7 heteroatoms. The van der Waals surface area contributed by atoms with E-state index in [1.165, 1.54) is 0 Å². The zero-order chi connectivity index (χ0) is 15.0. The van der Waals surface area contributed by atoms with E-state index in [0.29, 0.717) is 5.69 Å². The van der Waals surface area contributed by atoms with Gasteiger partial charge in [-0.05, 0) is 41.4 Å². The van der Waals surface area contributed by atoms with Gasteiger partial charge in [-0.1, -0.05) is 18.2 Å². The summed E-state index contributed by atoms with van der Waals surface area (Å²) in [6, 6.07) is 7.33. The summed E-state index contributed by atoms with van der Waals surface area (Å²) in [6.45, 7) is 3.66. The predicted molar refractivity (Wildman–Crippen MR) is 78.8 cm³/mol. The fourth-order valence-corrected chi connectivity index (χ4v) is 1.51. The van der Waals surface area contributed by atoms with Crippen LogP contribution in [0, 0.1) is 6.92 Å². The van der Waals surface area contributed by atoms with E-state index in [-0.39, 0.29) is 12.1 Å². The molecule has 0 heterocycles. The summed E-state index contributed by atoms with van der Waals surface area (Å²) in [5, 5.41) is 3.79. The van der Waals surface area contributed by atoms with Crippen molar-refractivity contribution in [2.45, 2.75) is 13.8 Å². The number of hydrogen-bond donors (Lipinski definition) is 1. The van der Waals surface area contributed by atoms with Crippen LogP contribution in [0.2, 0.25) is 0 Å². The first-order chi connectivity index (χ1) is 9.60. The van der Waals surface area contributed by atoms with Crippen LogP contribution in [0.25, 0.3) is 0 Å². The van der Waals surface area contributed by atoms with Gasteiger partial charge in [-0.3, -0.25) is 5.43 Å². The maximum atomic E-state index is 11.7. The van der Waals surface area contributed by atoms with Crippen molar-refractivity contribution in [3.05, 3.63) is 29.8 Å². The lowest BCUT2D eigenvalue weighted by atomic mass is 10.2. The van der Waals surface area contributed by atoms with E-state index in [2.05, 4.69) is 26.5 Å². The number of benzene rings is 1. The Hall–Kier alpha value is -1.89. The van der Waals surface area contributed by atoms with Gasteiger partial charge in [-0.2, -0.15) is 5.10 Å². The Morgan fingerprint density at radius 3 is 2.50 bits per heavy atom. The zero-order valence-electron chi connectivity index (χ0n) is 11.2. The lowest BCUT2D eigenvalue weighted by Crippen LogP contribution is -2.29. The highest BCUT2D eigenvalue weighted by Crippen LogP contribution is 2.13. The maximum Gasteiger partial charge on any atom is 0.367 e. The van der Waals surface area contributed by atoms with Gasteiger partial charge in [0.15, 0.2) is 0 Å². The fourth-order valence-electron chi connectivity index (χ4n) is 1.31. The third-order valence-corrected chi connectivity index (χ3v) is 2.51. The van der Waals surface area contributed by atoms with E-state index in [9.17, 15) is 9.59 Å². The molecule has 0 aliphatic heterocycles. The van der Waals surface area contributed by atoms with Crippen LogP contribution in [-0.4, -0.2) is 29.8 Å². The number of anilines is 1. The second-order valence-corrected chi connectivity index (χ2v) is 4.11. The van der Waals surface area contributed by atoms with Crippen molar-refractivity contribution in [1.29, 1.82) is 0 Å². The van der Waals surface area contributed by atoms with Crippen LogP contribution in [0.15, 0.2) is 29.4 Å². The number of nitrogens with one attached hydrogen (secondary N) is 1. The van der Waals surface area contributed by atoms with Crippen molar-refractivity contribution < 1.29 is 19.1 Å². The smallest absolute Gasteiger partial charge is 0.367 e. The van der Waals surface area contributed by atoms with Crippen LogP contribution in [0.1, 0.15) is 12.5 Å². The number of esters is 2. The summed E-state index contributed by atoms with van der Waals surface area (Å²) in [7, 11) is 0. The molecule has 20 heavy (non-hydrogen) atoms. The molecule has 1 rings (SSSR count). The molecular weight excluding hydrogens is 328 g/mol. The molecule has 0 saturated carbocycles. The first-order valence-corrected chi connectivity index (χ1v) is 7.01. The Morgan fingerprint density at radius 1 is 1.25 bits per heavy atom. The van der Waals surface area contributed by atoms with Crippen molar-refractivity contribution in [1.82, 2.24) is 0 Å². The molecule has 1 N–H and O–H groups in total. The molecule has 0 bridgehead atoms. The maximum absolute atomic E-state index is 11.7. The Morgan fingerprint density at radius 2 is 1.90 bits per heavy atom. The molecule has 0 unspecified atom stereocenters. The first kappa shape index (κ1) is 16.2. The standard InChI is InChI=1S/C13H15BrN2O4/c1-3-19-12(17)11(13(18)20-8-14)16-15-10-7-5-4-6-9(10)2/h4-7,15H,3,8H2,1-2H3. The monoisotopic (exact) mass is 342 g/mol. The van der Waals surface area contributed by atoms with Crippen LogP contribution in [0.4, 0.5) is 5.69 Å². The molecule has 0 fully saturated rings. The molecule has 6 nitrogen and oxygen atoms in total. The summed E-state index contributed by atoms with van der Waals surface area (Å²) < 4.78 is 9.46. The van der Waals surface area contributed by atoms with Crippen molar-refractivity contribution in [3.8, 4) is 0 Å². The number of carbonyl (C=O) groups excluding carboxylic acids is 2. The Bertz CT molecular complexity index is 497. The van der Waals surface area contributed by atoms with Crippen LogP contribution >= 0.6 is 15.9 Å². The van der Waals surface area contributed by atoms with E-state index in [4.69, 9.17) is 9.47 Å². The summed E-state index contributed by atoms with van der Waals surface area (Å²) in [6.07, 6.45) is 0. The molecule has 0 spiro atoms. The highest BCUT2D eigenvalue weighted by Gasteiger charge is 2.23. The number of alkyl halides is 1. The highest BCUT2D eigenvalue weighted by atomic mass is 79.9. The fraction of sp³-hybridized carbons (Fsp3) is 0.308. The molecule has 1 aromatic carbocycles. The third kappa shape index (κ3) is 4.65. The number of halogens is 1. The minimum atomic E-state index is -0.860. The van der Waals surface area contributed by atoms with Gasteiger partial charge in [0.05, 0.1) is 12.3 Å². The van der Waals surface area contributed by atoms with Crippen LogP contribution in [0.3, 0.4) is 0 Å². The SMILES string of the molecule is CCOC(=O)C(=NNc1ccccc1C)C(=O)OCBr. The lowest BCUT2D eigenvalue weighted by Gasteiger charge is -2.07. The van der Waals surface area contributed by atoms with E-state index in [1.54, 1.807) is 13.0 Å². The number of hydrazone groups is 1. The molecule has 0 saturated heterocycles. The average molecular weight is 343 g/mol. The molecular formula is C13H15BrN2O4. The van der Waals surface area contributed by atoms with Gasteiger partial charge in [0, 0.05) is 0 Å². The number of aryl methyl sites for hydroxylation is 1. The summed E-state index contributed by atoms with van der Waals surface area (Å²) in [4.78, 5) is 23.3. The van der Waals surface area contributed by atoms with Gasteiger partial charge >= 0.3 is 11.9 Å². The molecule has 0 radical (unpaired) electrons. The molecule has 0 aromatic heterocycles. The van der Waals surface area contributed by atoms with E-state index in [0.717, 1.165) is 5.56 Å². The predicted octanol–water partition coefficient (Wildman–Crippen LogP) is 2.22. The van der Waals surface area contributed by atoms with Crippen LogP contribution in [-0.2, 0) is 19.1 Å². The molecule has 0 aliphatic carbocycles. The second-order valence-electron chi connectivity index (χ2n) is 3.65. The van der Waals surface area contributed by atoms with E-state index >= 15 is 0 Å². The number of rotatable bonds is 6. The minimum Gasteiger partial charge on any atom is -0.461 e. The van der Waals surface area contributed by atoms with Gasteiger partial charge in [0.1, 0.15) is 5.52 Å². The number of ether oxygens (including phenoxy) is 2. The minimum absolute atomic E-state index is 0.0331. The summed E-state index contributed by atoms with van der Waals surface area (Å²) in [5.41, 5.74) is 3.80. The molecule has 0 aliphatic rings. The lowest BCUT2D eigenvalue weighted by molar-refractivity contribution is -0.139. The van der Waals surface area contributed by atoms with Gasteiger partial charge in [0.25, 0.3) is 5.71 Å². The highest BCUT2D eigenvalue weighted by molar-refractivity contribution is 9.09. The van der Waals surface area contributed by atoms with Crippen molar-refractivity contribution in [3.63, 3.8) is 0 Å². The summed E-state index contributed by atoms with van der Waals surface area (Å²) in [5.74, 6) is -1.69. The number of para-hydroxylation sites is 1. The molecule has 0 amide bonds. The Labute approximate surface area is 125 Å². The number of carbonyl (C=O) groups is 2. The van der Waals surface area contributed by atoms with Crippen LogP contribution < -0.4 is 5.43 Å². The quantitative estimate of drug-likeness (QED) is 0.282. The van der Waals surface area contributed by atoms with Crippen molar-refractivity contribution in [2.75, 3.05) is 17.5 Å². The second kappa shape index (κ2) is 8.31. The zero-order valence-corrected chi connectivity index (χ0v) is 12.8.